The van der Waals surface area contributed by atoms with E-state index in [0.717, 1.165) is 0 Å². The Labute approximate surface area is 92.1 Å². The van der Waals surface area contributed by atoms with Crippen LogP contribution >= 0.6 is 0 Å². The van der Waals surface area contributed by atoms with Gasteiger partial charge >= 0.3 is 0 Å². The molecule has 0 amide bonds. The number of nitrogens with zero attached hydrogens (tertiary/aromatic N) is 1. The summed E-state index contributed by atoms with van der Waals surface area (Å²) in [5.74, 6) is 0. The predicted octanol–water partition coefficient (Wildman–Crippen LogP) is 2.85. The van der Waals surface area contributed by atoms with E-state index < -0.39 is 0 Å². The lowest BCUT2D eigenvalue weighted by Gasteiger charge is -2.20. The van der Waals surface area contributed by atoms with Gasteiger partial charge in [-0.1, -0.05) is 19.9 Å². The minimum Gasteiger partial charge on any atom is -0.306 e. The van der Waals surface area contributed by atoms with Crippen molar-refractivity contribution in [3.63, 3.8) is 0 Å². The molecule has 0 saturated carbocycles. The molecule has 0 aliphatic heterocycles. The Morgan fingerprint density at radius 2 is 2.27 bits per heavy atom. The van der Waals surface area contributed by atoms with Crippen molar-refractivity contribution in [2.75, 3.05) is 0 Å². The number of pyridine rings is 1. The second kappa shape index (κ2) is 4.75. The van der Waals surface area contributed by atoms with Crippen LogP contribution in [0.25, 0.3) is 0 Å². The Kier molecular flexibility index (Phi) is 3.37. The Hall–Kier alpha value is -0.890. The molecular weight excluding hydrogens is 184 g/mol. The van der Waals surface area contributed by atoms with Gasteiger partial charge in [0.25, 0.3) is 0 Å². The SMILES string of the molecule is CCC(CC)NC1CCc2cccnc21. The van der Waals surface area contributed by atoms with Crippen molar-refractivity contribution in [3.8, 4) is 0 Å². The van der Waals surface area contributed by atoms with E-state index in [1.807, 2.05) is 12.3 Å². The summed E-state index contributed by atoms with van der Waals surface area (Å²) in [5.41, 5.74) is 2.71. The molecule has 1 aromatic rings. The number of hydrogen-bond donors (Lipinski definition) is 1. The van der Waals surface area contributed by atoms with Crippen LogP contribution in [0.15, 0.2) is 18.3 Å². The highest BCUT2D eigenvalue weighted by molar-refractivity contribution is 5.27. The maximum absolute atomic E-state index is 4.50. The highest BCUT2D eigenvalue weighted by Crippen LogP contribution is 2.29. The molecule has 15 heavy (non-hydrogen) atoms. The molecule has 2 rings (SSSR count). The van der Waals surface area contributed by atoms with Gasteiger partial charge in [-0.05, 0) is 37.3 Å². The number of rotatable bonds is 4. The smallest absolute Gasteiger partial charge is 0.0605 e. The first-order valence-electron chi connectivity index (χ1n) is 6.05. The molecule has 1 aromatic heterocycles. The van der Waals surface area contributed by atoms with Crippen molar-refractivity contribution in [2.45, 2.75) is 51.6 Å². The minimum absolute atomic E-state index is 0.492. The second-order valence-electron chi connectivity index (χ2n) is 4.32. The fourth-order valence-corrected chi connectivity index (χ4v) is 2.38. The van der Waals surface area contributed by atoms with Crippen LogP contribution in [0.3, 0.4) is 0 Å². The van der Waals surface area contributed by atoms with E-state index in [1.165, 1.54) is 36.9 Å². The van der Waals surface area contributed by atoms with Gasteiger partial charge in [-0.25, -0.2) is 0 Å². The molecule has 1 heterocycles. The maximum atomic E-state index is 4.50. The van der Waals surface area contributed by atoms with Crippen LogP contribution in [-0.2, 0) is 6.42 Å². The van der Waals surface area contributed by atoms with Crippen LogP contribution in [0.2, 0.25) is 0 Å². The zero-order chi connectivity index (χ0) is 10.7. The third-order valence-electron chi connectivity index (χ3n) is 3.38. The molecular formula is C13H20N2. The number of aryl methyl sites for hydroxylation is 1. The van der Waals surface area contributed by atoms with Gasteiger partial charge in [0.05, 0.1) is 11.7 Å². The molecule has 1 aliphatic carbocycles. The van der Waals surface area contributed by atoms with Gasteiger partial charge in [0, 0.05) is 12.2 Å². The Bertz CT molecular complexity index is 318. The van der Waals surface area contributed by atoms with Gasteiger partial charge in [0.2, 0.25) is 0 Å². The van der Waals surface area contributed by atoms with E-state index in [0.29, 0.717) is 12.1 Å². The molecule has 1 aliphatic rings. The van der Waals surface area contributed by atoms with E-state index in [4.69, 9.17) is 0 Å². The fraction of sp³-hybridized carbons (Fsp3) is 0.615. The number of fused-ring (bicyclic) bond motifs is 1. The molecule has 1 unspecified atom stereocenters. The normalized spacial score (nSPS) is 19.5. The van der Waals surface area contributed by atoms with Gasteiger partial charge < -0.3 is 5.32 Å². The topological polar surface area (TPSA) is 24.9 Å². The van der Waals surface area contributed by atoms with E-state index in [-0.39, 0.29) is 0 Å². The molecule has 2 nitrogen and oxygen atoms in total. The van der Waals surface area contributed by atoms with Crippen molar-refractivity contribution in [1.82, 2.24) is 10.3 Å². The molecule has 0 fully saturated rings. The zero-order valence-electron chi connectivity index (χ0n) is 9.66. The number of nitrogens with one attached hydrogen (secondary N) is 1. The van der Waals surface area contributed by atoms with Crippen LogP contribution in [0.1, 0.15) is 50.4 Å². The molecule has 1 N–H and O–H groups in total. The lowest BCUT2D eigenvalue weighted by molar-refractivity contribution is 0.408. The highest BCUT2D eigenvalue weighted by atomic mass is 15.0. The molecule has 1 atom stereocenters. The van der Waals surface area contributed by atoms with Crippen molar-refractivity contribution >= 4 is 0 Å². The van der Waals surface area contributed by atoms with Crippen LogP contribution in [0.5, 0.6) is 0 Å². The summed E-state index contributed by atoms with van der Waals surface area (Å²) in [5, 5.41) is 3.71. The fourth-order valence-electron chi connectivity index (χ4n) is 2.38. The summed E-state index contributed by atoms with van der Waals surface area (Å²) in [6.07, 6.45) is 6.71. The lowest BCUT2D eigenvalue weighted by atomic mass is 10.1. The average Bonchev–Trinajstić information content (AvgIpc) is 2.69. The van der Waals surface area contributed by atoms with Crippen LogP contribution in [-0.4, -0.2) is 11.0 Å². The quantitative estimate of drug-likeness (QED) is 0.815. The van der Waals surface area contributed by atoms with E-state index >= 15 is 0 Å². The molecule has 0 aromatic carbocycles. The van der Waals surface area contributed by atoms with Crippen LogP contribution in [0, 0.1) is 0 Å². The molecule has 0 saturated heterocycles. The molecule has 82 valence electrons. The molecule has 2 heteroatoms. The van der Waals surface area contributed by atoms with E-state index in [2.05, 4.69) is 30.2 Å². The summed E-state index contributed by atoms with van der Waals surface area (Å²) in [6, 6.07) is 5.38. The van der Waals surface area contributed by atoms with Crippen molar-refractivity contribution < 1.29 is 0 Å². The third kappa shape index (κ3) is 2.20. The first-order chi connectivity index (χ1) is 7.35. The van der Waals surface area contributed by atoms with Gasteiger partial charge in [-0.2, -0.15) is 0 Å². The van der Waals surface area contributed by atoms with Gasteiger partial charge in [0.1, 0.15) is 0 Å². The average molecular weight is 204 g/mol. The summed E-state index contributed by atoms with van der Waals surface area (Å²) in [4.78, 5) is 4.50. The molecule has 0 radical (unpaired) electrons. The van der Waals surface area contributed by atoms with Crippen molar-refractivity contribution in [1.29, 1.82) is 0 Å². The summed E-state index contributed by atoms with van der Waals surface area (Å²) in [6.45, 7) is 4.49. The maximum Gasteiger partial charge on any atom is 0.0605 e. The Balaban J connectivity index is 2.07. The largest absolute Gasteiger partial charge is 0.306 e. The standard InChI is InChI=1S/C13H20N2/c1-3-11(4-2)15-12-8-7-10-6-5-9-14-13(10)12/h5-6,9,11-12,15H,3-4,7-8H2,1-2H3. The van der Waals surface area contributed by atoms with Crippen LogP contribution in [0.4, 0.5) is 0 Å². The van der Waals surface area contributed by atoms with E-state index in [1.54, 1.807) is 0 Å². The second-order valence-corrected chi connectivity index (χ2v) is 4.32. The van der Waals surface area contributed by atoms with Crippen molar-refractivity contribution in [3.05, 3.63) is 29.6 Å². The first kappa shape index (κ1) is 10.6. The summed E-state index contributed by atoms with van der Waals surface area (Å²) in [7, 11) is 0. The van der Waals surface area contributed by atoms with Crippen molar-refractivity contribution in [2.24, 2.45) is 0 Å². The lowest BCUT2D eigenvalue weighted by Crippen LogP contribution is -2.31. The van der Waals surface area contributed by atoms with Gasteiger partial charge in [0.15, 0.2) is 0 Å². The number of hydrogen-bond acceptors (Lipinski definition) is 2. The predicted molar refractivity (Wildman–Crippen MR) is 62.8 cm³/mol. The van der Waals surface area contributed by atoms with Gasteiger partial charge in [-0.3, -0.25) is 4.98 Å². The monoisotopic (exact) mass is 204 g/mol. The highest BCUT2D eigenvalue weighted by Gasteiger charge is 2.24. The Morgan fingerprint density at radius 1 is 1.47 bits per heavy atom. The zero-order valence-corrected chi connectivity index (χ0v) is 9.66. The Morgan fingerprint density at radius 3 is 3.00 bits per heavy atom. The summed E-state index contributed by atoms with van der Waals surface area (Å²) >= 11 is 0. The van der Waals surface area contributed by atoms with E-state index in [9.17, 15) is 0 Å². The van der Waals surface area contributed by atoms with Gasteiger partial charge in [-0.15, -0.1) is 0 Å². The first-order valence-corrected chi connectivity index (χ1v) is 6.05. The molecule has 0 bridgehead atoms. The third-order valence-corrected chi connectivity index (χ3v) is 3.38. The molecule has 0 spiro atoms. The minimum atomic E-state index is 0.492. The van der Waals surface area contributed by atoms with Crippen LogP contribution < -0.4 is 5.32 Å². The summed E-state index contributed by atoms with van der Waals surface area (Å²) < 4.78 is 0. The number of aromatic nitrogens is 1.